The molecule has 0 aliphatic heterocycles. The molecule has 0 saturated heterocycles. The van der Waals surface area contributed by atoms with Crippen LogP contribution < -0.4 is 34.7 Å². The Kier molecular flexibility index (Phi) is 9.61. The van der Waals surface area contributed by atoms with Crippen LogP contribution in [-0.4, -0.2) is 11.4 Å². The van der Waals surface area contributed by atoms with E-state index < -0.39 is 5.97 Å². The van der Waals surface area contributed by atoms with E-state index in [1.807, 2.05) is 12.1 Å². The summed E-state index contributed by atoms with van der Waals surface area (Å²) in [5, 5.41) is 10.1. The van der Waals surface area contributed by atoms with Crippen molar-refractivity contribution in [2.24, 2.45) is 0 Å². The van der Waals surface area contributed by atoms with E-state index in [9.17, 15) is 9.90 Å². The number of hydrogen-bond donors (Lipinski definition) is 0. The molecule has 0 unspecified atom stereocenters. The third-order valence-electron chi connectivity index (χ3n) is 1.41. The van der Waals surface area contributed by atoms with Crippen LogP contribution in [0.4, 0.5) is 0 Å². The van der Waals surface area contributed by atoms with E-state index in [0.29, 0.717) is 6.42 Å². The number of aryl methyl sites for hydroxylation is 1. The molecule has 0 aliphatic carbocycles. The van der Waals surface area contributed by atoms with Crippen molar-refractivity contribution in [1.29, 1.82) is 0 Å². The van der Waals surface area contributed by atoms with Gasteiger partial charge in [0.25, 0.3) is 0 Å². The number of carbonyl (C=O) groups excluding carboxylic acids is 1. The van der Waals surface area contributed by atoms with Crippen molar-refractivity contribution in [2.45, 2.75) is 12.8 Å². The fraction of sp³-hybridized carbons (Fsp3) is 0.222. The zero-order chi connectivity index (χ0) is 8.10. The standard InChI is InChI=1S/C9H9O2.Na.H2O/c10-9(11)7-6-8-4-2-1-3-5-8;;/h2-5H,6-7H2,(H,10,11);;1H2/q-1;+1;/p-2. The number of carboxylic acids is 1. The van der Waals surface area contributed by atoms with E-state index in [0.717, 1.165) is 5.56 Å². The zero-order valence-electron chi connectivity index (χ0n) is 7.49. The minimum absolute atomic E-state index is 0. The maximum absolute atomic E-state index is 10.1. The van der Waals surface area contributed by atoms with Gasteiger partial charge in [0.1, 0.15) is 0 Å². The van der Waals surface area contributed by atoms with E-state index in [1.54, 1.807) is 12.1 Å². The topological polar surface area (TPSA) is 70.1 Å². The zero-order valence-corrected chi connectivity index (χ0v) is 9.49. The van der Waals surface area contributed by atoms with Gasteiger partial charge in [0, 0.05) is 5.97 Å². The third kappa shape index (κ3) is 6.78. The molecular weight excluding hydrogens is 179 g/mol. The van der Waals surface area contributed by atoms with Gasteiger partial charge in [0.15, 0.2) is 0 Å². The molecule has 0 radical (unpaired) electrons. The van der Waals surface area contributed by atoms with Gasteiger partial charge in [-0.05, 0) is 12.8 Å². The number of benzene rings is 1. The Labute approximate surface area is 99.4 Å². The molecule has 1 rings (SSSR count). The average Bonchev–Trinajstić information content (AvgIpc) is 2.03. The molecule has 0 bridgehead atoms. The Morgan fingerprint density at radius 2 is 1.92 bits per heavy atom. The van der Waals surface area contributed by atoms with Gasteiger partial charge >= 0.3 is 29.6 Å². The van der Waals surface area contributed by atoms with Crippen molar-refractivity contribution < 1.29 is 44.9 Å². The summed E-state index contributed by atoms with van der Waals surface area (Å²) in [6.07, 6.45) is 0.626. The van der Waals surface area contributed by atoms with Crippen molar-refractivity contribution >= 4 is 5.97 Å². The molecule has 66 valence electrons. The van der Waals surface area contributed by atoms with Crippen molar-refractivity contribution in [3.8, 4) is 0 Å². The number of rotatable bonds is 3. The number of carboxylic acid groups (broad SMARTS) is 1. The normalized spacial score (nSPS) is 8.00. The van der Waals surface area contributed by atoms with Gasteiger partial charge in [-0.25, -0.2) is 0 Å². The number of hydrogen-bond acceptors (Lipinski definition) is 3. The Morgan fingerprint density at radius 1 is 1.38 bits per heavy atom. The molecule has 13 heavy (non-hydrogen) atoms. The molecule has 1 aromatic rings. The van der Waals surface area contributed by atoms with Crippen LogP contribution in [0.1, 0.15) is 12.0 Å². The molecule has 1 aromatic carbocycles. The minimum Gasteiger partial charge on any atom is -0.870 e. The maximum Gasteiger partial charge on any atom is 1.00 e. The summed E-state index contributed by atoms with van der Waals surface area (Å²) in [4.78, 5) is 10.1. The van der Waals surface area contributed by atoms with Gasteiger partial charge in [-0.1, -0.05) is 0 Å². The van der Waals surface area contributed by atoms with Gasteiger partial charge in [0.2, 0.25) is 0 Å². The fourth-order valence-corrected chi connectivity index (χ4v) is 0.834. The molecule has 3 nitrogen and oxygen atoms in total. The minimum atomic E-state index is -1.00. The number of carbonyl (C=O) groups is 1. The first-order chi connectivity index (χ1) is 5.29. The summed E-state index contributed by atoms with van der Waals surface area (Å²) in [6.45, 7) is 0. The first-order valence-electron chi connectivity index (χ1n) is 3.44. The smallest absolute Gasteiger partial charge is 0.870 e. The van der Waals surface area contributed by atoms with Gasteiger partial charge in [-0.15, -0.1) is 0 Å². The predicted molar refractivity (Wildman–Crippen MR) is 40.5 cm³/mol. The molecular formula is C9H9NaO3-2. The fourth-order valence-electron chi connectivity index (χ4n) is 0.834. The van der Waals surface area contributed by atoms with E-state index in [4.69, 9.17) is 0 Å². The summed E-state index contributed by atoms with van der Waals surface area (Å²) < 4.78 is 0. The van der Waals surface area contributed by atoms with E-state index in [1.165, 1.54) is 0 Å². The van der Waals surface area contributed by atoms with Crippen LogP contribution in [0.15, 0.2) is 24.3 Å². The first-order valence-corrected chi connectivity index (χ1v) is 3.44. The summed E-state index contributed by atoms with van der Waals surface area (Å²) in [7, 11) is 0. The van der Waals surface area contributed by atoms with Gasteiger partial charge in [0.05, 0.1) is 0 Å². The quantitative estimate of drug-likeness (QED) is 0.375. The molecule has 0 saturated carbocycles. The van der Waals surface area contributed by atoms with Gasteiger partial charge in [-0.2, -0.15) is 35.9 Å². The van der Waals surface area contributed by atoms with Crippen LogP contribution in [0.3, 0.4) is 0 Å². The van der Waals surface area contributed by atoms with Crippen LogP contribution in [0, 0.1) is 6.07 Å². The molecule has 0 heterocycles. The molecule has 0 aromatic heterocycles. The van der Waals surface area contributed by atoms with E-state index in [-0.39, 0.29) is 41.5 Å². The predicted octanol–water partition coefficient (Wildman–Crippen LogP) is -3.00. The maximum atomic E-state index is 10.1. The second-order valence-corrected chi connectivity index (χ2v) is 2.28. The Balaban J connectivity index is 0. The SMILES string of the molecule is O=C([O-])CCc1cc[c-]cc1.[Na+].[OH-]. The second kappa shape index (κ2) is 8.26. The average molecular weight is 188 g/mol. The van der Waals surface area contributed by atoms with Crippen LogP contribution in [0.2, 0.25) is 0 Å². The van der Waals surface area contributed by atoms with Crippen LogP contribution in [0.25, 0.3) is 0 Å². The summed E-state index contributed by atoms with van der Waals surface area (Å²) in [5.74, 6) is -1.00. The molecule has 1 N–H and O–H groups in total. The molecule has 0 atom stereocenters. The van der Waals surface area contributed by atoms with Crippen molar-refractivity contribution in [3.63, 3.8) is 0 Å². The second-order valence-electron chi connectivity index (χ2n) is 2.28. The van der Waals surface area contributed by atoms with E-state index in [2.05, 4.69) is 6.07 Å². The summed E-state index contributed by atoms with van der Waals surface area (Å²) in [5.41, 5.74) is 1.01. The largest absolute Gasteiger partial charge is 1.00 e. The summed E-state index contributed by atoms with van der Waals surface area (Å²) in [6, 6.07) is 10.1. The Bertz CT molecular complexity index is 236. The first kappa shape index (κ1) is 15.1. The third-order valence-corrected chi connectivity index (χ3v) is 1.41. The molecule has 0 spiro atoms. The van der Waals surface area contributed by atoms with Crippen molar-refractivity contribution in [2.75, 3.05) is 0 Å². The monoisotopic (exact) mass is 188 g/mol. The number of aliphatic carboxylic acids is 1. The summed E-state index contributed by atoms with van der Waals surface area (Å²) >= 11 is 0. The molecule has 4 heteroatoms. The van der Waals surface area contributed by atoms with Crippen molar-refractivity contribution in [3.05, 3.63) is 35.9 Å². The molecule has 0 aliphatic rings. The Hall–Kier alpha value is -0.350. The Morgan fingerprint density at radius 3 is 2.38 bits per heavy atom. The van der Waals surface area contributed by atoms with E-state index >= 15 is 0 Å². The van der Waals surface area contributed by atoms with Crippen LogP contribution >= 0.6 is 0 Å². The molecule has 0 fully saturated rings. The van der Waals surface area contributed by atoms with Crippen molar-refractivity contribution in [1.82, 2.24) is 0 Å². The van der Waals surface area contributed by atoms with Crippen LogP contribution in [0.5, 0.6) is 0 Å². The molecule has 0 amide bonds. The van der Waals surface area contributed by atoms with Gasteiger partial charge in [-0.3, -0.25) is 0 Å². The van der Waals surface area contributed by atoms with Gasteiger partial charge < -0.3 is 15.4 Å². The van der Waals surface area contributed by atoms with Crippen LogP contribution in [-0.2, 0) is 11.2 Å².